The van der Waals surface area contributed by atoms with Gasteiger partial charge in [0.05, 0.1) is 16.9 Å². The highest BCUT2D eigenvalue weighted by Crippen LogP contribution is 2.33. The van der Waals surface area contributed by atoms with Gasteiger partial charge in [-0.15, -0.1) is 0 Å². The standard InChI is InChI=1S/C12H12F3N3/c1-8-4-5-18(17-8)10-3-2-9(7-16)11(6-10)12(13,14)15/h2-6H,7,16H2,1H3. The molecule has 96 valence electrons. The topological polar surface area (TPSA) is 43.8 Å². The van der Waals surface area contributed by atoms with E-state index in [0.717, 1.165) is 11.8 Å². The number of alkyl halides is 3. The molecule has 2 aromatic rings. The van der Waals surface area contributed by atoms with Gasteiger partial charge in [0.1, 0.15) is 0 Å². The minimum atomic E-state index is -4.41. The molecular formula is C12H12F3N3. The van der Waals surface area contributed by atoms with E-state index in [1.54, 1.807) is 25.3 Å². The predicted molar refractivity (Wildman–Crippen MR) is 61.2 cm³/mol. The highest BCUT2D eigenvalue weighted by molar-refractivity contribution is 5.41. The van der Waals surface area contributed by atoms with Crippen molar-refractivity contribution < 1.29 is 13.2 Å². The molecule has 2 rings (SSSR count). The maximum absolute atomic E-state index is 12.9. The first-order chi connectivity index (χ1) is 8.41. The van der Waals surface area contributed by atoms with Crippen LogP contribution in [0.3, 0.4) is 0 Å². The second-order valence-electron chi connectivity index (χ2n) is 3.95. The van der Waals surface area contributed by atoms with Gasteiger partial charge in [-0.3, -0.25) is 0 Å². The average molecular weight is 255 g/mol. The molecule has 0 saturated heterocycles. The van der Waals surface area contributed by atoms with Gasteiger partial charge < -0.3 is 5.73 Å². The fourth-order valence-corrected chi connectivity index (χ4v) is 1.71. The number of rotatable bonds is 2. The molecule has 18 heavy (non-hydrogen) atoms. The Morgan fingerprint density at radius 3 is 2.50 bits per heavy atom. The molecule has 0 unspecified atom stereocenters. The Bertz CT molecular complexity index is 558. The van der Waals surface area contributed by atoms with Gasteiger partial charge in [0.25, 0.3) is 0 Å². The summed E-state index contributed by atoms with van der Waals surface area (Å²) in [4.78, 5) is 0. The molecule has 0 saturated carbocycles. The van der Waals surface area contributed by atoms with Crippen molar-refractivity contribution in [3.8, 4) is 5.69 Å². The van der Waals surface area contributed by atoms with Crippen molar-refractivity contribution in [3.05, 3.63) is 47.3 Å². The van der Waals surface area contributed by atoms with E-state index in [2.05, 4.69) is 5.10 Å². The van der Waals surface area contributed by atoms with Crippen molar-refractivity contribution >= 4 is 0 Å². The van der Waals surface area contributed by atoms with E-state index in [-0.39, 0.29) is 12.1 Å². The molecule has 0 aliphatic carbocycles. The number of hydrogen-bond acceptors (Lipinski definition) is 2. The van der Waals surface area contributed by atoms with Crippen LogP contribution in [-0.4, -0.2) is 9.78 Å². The number of halogens is 3. The molecule has 0 spiro atoms. The van der Waals surface area contributed by atoms with Crippen molar-refractivity contribution in [3.63, 3.8) is 0 Å². The molecular weight excluding hydrogens is 243 g/mol. The summed E-state index contributed by atoms with van der Waals surface area (Å²) in [7, 11) is 0. The Hall–Kier alpha value is -1.82. The van der Waals surface area contributed by atoms with Crippen LogP contribution in [-0.2, 0) is 12.7 Å². The van der Waals surface area contributed by atoms with Crippen LogP contribution in [0, 0.1) is 6.92 Å². The van der Waals surface area contributed by atoms with Crippen LogP contribution in [0.15, 0.2) is 30.5 Å². The smallest absolute Gasteiger partial charge is 0.326 e. The van der Waals surface area contributed by atoms with Gasteiger partial charge in [-0.05, 0) is 30.7 Å². The lowest BCUT2D eigenvalue weighted by Gasteiger charge is -2.13. The van der Waals surface area contributed by atoms with E-state index >= 15 is 0 Å². The second kappa shape index (κ2) is 4.45. The van der Waals surface area contributed by atoms with Crippen LogP contribution in [0.2, 0.25) is 0 Å². The van der Waals surface area contributed by atoms with Crippen LogP contribution < -0.4 is 5.73 Å². The average Bonchev–Trinajstić information content (AvgIpc) is 2.74. The fourth-order valence-electron chi connectivity index (χ4n) is 1.71. The Balaban J connectivity index is 2.52. The predicted octanol–water partition coefficient (Wildman–Crippen LogP) is 2.66. The summed E-state index contributed by atoms with van der Waals surface area (Å²) in [5, 5.41) is 4.08. The molecule has 1 aromatic carbocycles. The van der Waals surface area contributed by atoms with Gasteiger partial charge in [-0.2, -0.15) is 18.3 Å². The number of nitrogens with two attached hydrogens (primary N) is 1. The first-order valence-electron chi connectivity index (χ1n) is 5.34. The molecule has 3 nitrogen and oxygen atoms in total. The molecule has 1 heterocycles. The third-order valence-corrected chi connectivity index (χ3v) is 2.61. The lowest BCUT2D eigenvalue weighted by molar-refractivity contribution is -0.138. The Morgan fingerprint density at radius 1 is 1.28 bits per heavy atom. The molecule has 0 amide bonds. The molecule has 0 radical (unpaired) electrons. The Kier molecular flexibility index (Phi) is 3.13. The van der Waals surface area contributed by atoms with E-state index in [1.807, 2.05) is 0 Å². The van der Waals surface area contributed by atoms with E-state index in [4.69, 9.17) is 5.73 Å². The fraction of sp³-hybridized carbons (Fsp3) is 0.250. The minimum Gasteiger partial charge on any atom is -0.326 e. The van der Waals surface area contributed by atoms with Crippen LogP contribution in [0.5, 0.6) is 0 Å². The summed E-state index contributed by atoms with van der Waals surface area (Å²) >= 11 is 0. The monoisotopic (exact) mass is 255 g/mol. The molecule has 0 bridgehead atoms. The SMILES string of the molecule is Cc1ccn(-c2ccc(CN)c(C(F)(F)F)c2)n1. The normalized spacial score (nSPS) is 11.8. The summed E-state index contributed by atoms with van der Waals surface area (Å²) in [5.74, 6) is 0. The Morgan fingerprint density at radius 2 is 2.00 bits per heavy atom. The zero-order valence-corrected chi connectivity index (χ0v) is 9.70. The van der Waals surface area contributed by atoms with Gasteiger partial charge in [0.15, 0.2) is 0 Å². The number of nitrogens with zero attached hydrogens (tertiary/aromatic N) is 2. The maximum Gasteiger partial charge on any atom is 0.416 e. The molecule has 0 atom stereocenters. The highest BCUT2D eigenvalue weighted by Gasteiger charge is 2.33. The lowest BCUT2D eigenvalue weighted by atomic mass is 10.1. The van der Waals surface area contributed by atoms with Gasteiger partial charge in [-0.25, -0.2) is 4.68 Å². The Labute approximate surface area is 102 Å². The van der Waals surface area contributed by atoms with Crippen molar-refractivity contribution in [2.45, 2.75) is 19.6 Å². The van der Waals surface area contributed by atoms with Crippen LogP contribution >= 0.6 is 0 Å². The van der Waals surface area contributed by atoms with Crippen molar-refractivity contribution in [2.75, 3.05) is 0 Å². The van der Waals surface area contributed by atoms with Gasteiger partial charge >= 0.3 is 6.18 Å². The molecule has 6 heteroatoms. The van der Waals surface area contributed by atoms with E-state index in [9.17, 15) is 13.2 Å². The van der Waals surface area contributed by atoms with Crippen LogP contribution in [0.4, 0.5) is 13.2 Å². The first-order valence-corrected chi connectivity index (χ1v) is 5.34. The van der Waals surface area contributed by atoms with E-state index < -0.39 is 11.7 Å². The number of aryl methyl sites for hydroxylation is 1. The van der Waals surface area contributed by atoms with Crippen molar-refractivity contribution in [1.82, 2.24) is 9.78 Å². The third kappa shape index (κ3) is 2.38. The van der Waals surface area contributed by atoms with Gasteiger partial charge in [0.2, 0.25) is 0 Å². The lowest BCUT2D eigenvalue weighted by Crippen LogP contribution is -2.13. The number of aromatic nitrogens is 2. The second-order valence-corrected chi connectivity index (χ2v) is 3.95. The molecule has 2 N–H and O–H groups in total. The molecule has 0 aliphatic heterocycles. The summed E-state index contributed by atoms with van der Waals surface area (Å²) in [6.07, 6.45) is -2.79. The highest BCUT2D eigenvalue weighted by atomic mass is 19.4. The first kappa shape index (κ1) is 12.6. The number of hydrogen-bond donors (Lipinski definition) is 1. The number of benzene rings is 1. The van der Waals surface area contributed by atoms with Crippen molar-refractivity contribution in [2.24, 2.45) is 5.73 Å². The molecule has 1 aromatic heterocycles. The zero-order chi connectivity index (χ0) is 13.3. The summed E-state index contributed by atoms with van der Waals surface area (Å²) in [6, 6.07) is 5.75. The third-order valence-electron chi connectivity index (χ3n) is 2.61. The van der Waals surface area contributed by atoms with Gasteiger partial charge in [0, 0.05) is 12.7 Å². The summed E-state index contributed by atoms with van der Waals surface area (Å²) < 4.78 is 40.0. The van der Waals surface area contributed by atoms with Gasteiger partial charge in [-0.1, -0.05) is 6.07 Å². The van der Waals surface area contributed by atoms with Crippen molar-refractivity contribution in [1.29, 1.82) is 0 Å². The minimum absolute atomic E-state index is 0.0788. The van der Waals surface area contributed by atoms with Crippen LogP contribution in [0.25, 0.3) is 5.69 Å². The molecule has 0 aliphatic rings. The van der Waals surface area contributed by atoms with Crippen LogP contribution in [0.1, 0.15) is 16.8 Å². The largest absolute Gasteiger partial charge is 0.416 e. The maximum atomic E-state index is 12.9. The van der Waals surface area contributed by atoms with E-state index in [1.165, 1.54) is 10.7 Å². The quantitative estimate of drug-likeness (QED) is 0.896. The van der Waals surface area contributed by atoms with E-state index in [0.29, 0.717) is 5.69 Å². The molecule has 0 fully saturated rings. The zero-order valence-electron chi connectivity index (χ0n) is 9.70. The summed E-state index contributed by atoms with van der Waals surface area (Å²) in [6.45, 7) is 1.63. The summed E-state index contributed by atoms with van der Waals surface area (Å²) in [5.41, 5.74) is 5.79.